The molecule has 0 unspecified atom stereocenters. The summed E-state index contributed by atoms with van der Waals surface area (Å²) in [4.78, 5) is 21.2. The Labute approximate surface area is 106 Å². The lowest BCUT2D eigenvalue weighted by Crippen LogP contribution is -2.39. The monoisotopic (exact) mass is 250 g/mol. The van der Waals surface area contributed by atoms with Crippen molar-refractivity contribution in [2.45, 2.75) is 0 Å². The van der Waals surface area contributed by atoms with Crippen molar-refractivity contribution < 1.29 is 9.59 Å². The van der Waals surface area contributed by atoms with Crippen molar-refractivity contribution in [3.8, 4) is 0 Å². The van der Waals surface area contributed by atoms with Crippen molar-refractivity contribution in [2.75, 3.05) is 26.2 Å². The largest absolute Gasteiger partial charge is 0.366 e. The molecule has 2 amide bonds. The van der Waals surface area contributed by atoms with Crippen LogP contribution in [0.15, 0.2) is 24.3 Å². The number of carbonyl (C=O) groups is 2. The zero-order valence-corrected chi connectivity index (χ0v) is 10.1. The molecule has 6 heteroatoms. The third-order valence-electron chi connectivity index (χ3n) is 2.41. The van der Waals surface area contributed by atoms with Gasteiger partial charge >= 0.3 is 0 Å². The highest BCUT2D eigenvalue weighted by Gasteiger charge is 2.02. The van der Waals surface area contributed by atoms with Gasteiger partial charge in [-0.2, -0.15) is 0 Å². The minimum absolute atomic E-state index is 0.361. The highest BCUT2D eigenvalue weighted by atomic mass is 16.1. The van der Waals surface area contributed by atoms with Crippen LogP contribution in [-0.2, 0) is 0 Å². The predicted molar refractivity (Wildman–Crippen MR) is 69.2 cm³/mol. The topological polar surface area (TPSA) is 110 Å². The molecule has 0 spiro atoms. The molecule has 0 atom stereocenters. The number of nitrogens with two attached hydrogens (primary N) is 2. The number of benzene rings is 1. The van der Waals surface area contributed by atoms with Gasteiger partial charge in [-0.05, 0) is 24.3 Å². The Morgan fingerprint density at radius 2 is 1.06 bits per heavy atom. The molecular formula is C12H18N4O2. The molecule has 0 aromatic heterocycles. The third kappa shape index (κ3) is 4.94. The molecule has 0 radical (unpaired) electrons. The molecule has 1 aliphatic rings. The summed E-state index contributed by atoms with van der Waals surface area (Å²) >= 11 is 0. The Kier molecular flexibility index (Phi) is 5.83. The Morgan fingerprint density at radius 3 is 1.22 bits per heavy atom. The standard InChI is InChI=1S/C8H8N2O2.C4H10N2/c9-7(11)5-1-2-6(4-3-5)8(10)12;1-2-6-4-3-5-1/h1-4H,(H2,9,11)(H2,10,12);5-6H,1-4H2. The van der Waals surface area contributed by atoms with Crippen LogP contribution in [0.5, 0.6) is 0 Å². The molecule has 0 aliphatic carbocycles. The summed E-state index contributed by atoms with van der Waals surface area (Å²) in [6.07, 6.45) is 0. The highest BCUT2D eigenvalue weighted by Crippen LogP contribution is 2.02. The van der Waals surface area contributed by atoms with Crippen molar-refractivity contribution in [1.29, 1.82) is 0 Å². The Morgan fingerprint density at radius 1 is 0.778 bits per heavy atom. The molecule has 0 saturated carbocycles. The lowest BCUT2D eigenvalue weighted by molar-refractivity contribution is 0.0988. The van der Waals surface area contributed by atoms with Gasteiger partial charge in [0.25, 0.3) is 0 Å². The highest BCUT2D eigenvalue weighted by molar-refractivity contribution is 5.96. The van der Waals surface area contributed by atoms with Gasteiger partial charge in [-0.3, -0.25) is 9.59 Å². The molecule has 1 heterocycles. The van der Waals surface area contributed by atoms with E-state index in [1.54, 1.807) is 0 Å². The van der Waals surface area contributed by atoms with Crippen LogP contribution in [-0.4, -0.2) is 38.0 Å². The first kappa shape index (κ1) is 14.1. The first-order valence-corrected chi connectivity index (χ1v) is 5.72. The van der Waals surface area contributed by atoms with Gasteiger partial charge in [-0.1, -0.05) is 0 Å². The van der Waals surface area contributed by atoms with Crippen LogP contribution in [0, 0.1) is 0 Å². The summed E-state index contributed by atoms with van der Waals surface area (Å²) in [5.74, 6) is -1.04. The number of primary amides is 2. The molecule has 1 aliphatic heterocycles. The zero-order valence-electron chi connectivity index (χ0n) is 10.1. The van der Waals surface area contributed by atoms with Crippen molar-refractivity contribution in [3.05, 3.63) is 35.4 Å². The fraction of sp³-hybridized carbons (Fsp3) is 0.333. The first-order chi connectivity index (χ1) is 8.61. The van der Waals surface area contributed by atoms with Crippen LogP contribution in [0.25, 0.3) is 0 Å². The Bertz CT molecular complexity index is 355. The number of nitrogens with one attached hydrogen (secondary N) is 2. The number of hydrogen-bond acceptors (Lipinski definition) is 4. The Hall–Kier alpha value is -1.92. The SMILES string of the molecule is C1CNCCN1.NC(=O)c1ccc(C(N)=O)cc1. The van der Waals surface area contributed by atoms with Crippen LogP contribution in [0.3, 0.4) is 0 Å². The minimum atomic E-state index is -0.522. The maximum absolute atomic E-state index is 10.6. The minimum Gasteiger partial charge on any atom is -0.366 e. The molecule has 0 bridgehead atoms. The number of amides is 2. The van der Waals surface area contributed by atoms with Gasteiger partial charge in [0, 0.05) is 37.3 Å². The van der Waals surface area contributed by atoms with Gasteiger partial charge < -0.3 is 22.1 Å². The molecule has 6 N–H and O–H groups in total. The predicted octanol–water partition coefficient (Wildman–Crippen LogP) is -0.936. The molecule has 1 saturated heterocycles. The van der Waals surface area contributed by atoms with Gasteiger partial charge in [0.2, 0.25) is 11.8 Å². The van der Waals surface area contributed by atoms with E-state index < -0.39 is 11.8 Å². The van der Waals surface area contributed by atoms with Crippen LogP contribution in [0.1, 0.15) is 20.7 Å². The number of rotatable bonds is 2. The van der Waals surface area contributed by atoms with E-state index in [-0.39, 0.29) is 0 Å². The Balaban J connectivity index is 0.000000225. The van der Waals surface area contributed by atoms with Crippen LogP contribution >= 0.6 is 0 Å². The third-order valence-corrected chi connectivity index (χ3v) is 2.41. The summed E-state index contributed by atoms with van der Waals surface area (Å²) < 4.78 is 0. The van der Waals surface area contributed by atoms with Crippen LogP contribution < -0.4 is 22.1 Å². The molecule has 18 heavy (non-hydrogen) atoms. The van der Waals surface area contributed by atoms with E-state index >= 15 is 0 Å². The second kappa shape index (κ2) is 7.41. The second-order valence-corrected chi connectivity index (χ2v) is 3.81. The van der Waals surface area contributed by atoms with Crippen molar-refractivity contribution >= 4 is 11.8 Å². The van der Waals surface area contributed by atoms with E-state index in [1.807, 2.05) is 0 Å². The molecule has 98 valence electrons. The number of hydrogen-bond donors (Lipinski definition) is 4. The van der Waals surface area contributed by atoms with Crippen molar-refractivity contribution in [2.24, 2.45) is 11.5 Å². The van der Waals surface area contributed by atoms with E-state index in [1.165, 1.54) is 24.3 Å². The van der Waals surface area contributed by atoms with E-state index in [0.29, 0.717) is 11.1 Å². The van der Waals surface area contributed by atoms with Gasteiger partial charge in [0.1, 0.15) is 0 Å². The first-order valence-electron chi connectivity index (χ1n) is 5.72. The molecule has 1 aromatic carbocycles. The van der Waals surface area contributed by atoms with Crippen LogP contribution in [0.2, 0.25) is 0 Å². The quantitative estimate of drug-likeness (QED) is 0.543. The summed E-state index contributed by atoms with van der Waals surface area (Å²) in [5, 5.41) is 6.44. The van der Waals surface area contributed by atoms with Gasteiger partial charge in [-0.15, -0.1) is 0 Å². The maximum atomic E-state index is 10.6. The van der Waals surface area contributed by atoms with E-state index in [4.69, 9.17) is 11.5 Å². The molecular weight excluding hydrogens is 232 g/mol. The fourth-order valence-electron chi connectivity index (χ4n) is 1.40. The summed E-state index contributed by atoms with van der Waals surface area (Å²) in [5.41, 5.74) is 10.7. The average molecular weight is 250 g/mol. The van der Waals surface area contributed by atoms with Crippen molar-refractivity contribution in [3.63, 3.8) is 0 Å². The lowest BCUT2D eigenvalue weighted by atomic mass is 10.1. The molecule has 6 nitrogen and oxygen atoms in total. The smallest absolute Gasteiger partial charge is 0.248 e. The van der Waals surface area contributed by atoms with Gasteiger partial charge in [0.05, 0.1) is 0 Å². The normalized spacial score (nSPS) is 14.2. The van der Waals surface area contributed by atoms with E-state index in [0.717, 1.165) is 26.2 Å². The van der Waals surface area contributed by atoms with Gasteiger partial charge in [0.15, 0.2) is 0 Å². The molecule has 1 aromatic rings. The second-order valence-electron chi connectivity index (χ2n) is 3.81. The van der Waals surface area contributed by atoms with Crippen molar-refractivity contribution in [1.82, 2.24) is 10.6 Å². The number of piperazine rings is 1. The zero-order chi connectivity index (χ0) is 13.4. The average Bonchev–Trinajstić information content (AvgIpc) is 2.41. The fourth-order valence-corrected chi connectivity index (χ4v) is 1.40. The summed E-state index contributed by atoms with van der Waals surface area (Å²) in [7, 11) is 0. The lowest BCUT2D eigenvalue weighted by Gasteiger charge is -2.11. The molecule has 2 rings (SSSR count). The van der Waals surface area contributed by atoms with Crippen LogP contribution in [0.4, 0.5) is 0 Å². The van der Waals surface area contributed by atoms with E-state index in [9.17, 15) is 9.59 Å². The summed E-state index contributed by atoms with van der Waals surface area (Å²) in [6, 6.07) is 5.84. The van der Waals surface area contributed by atoms with E-state index in [2.05, 4.69) is 10.6 Å². The molecule has 1 fully saturated rings. The summed E-state index contributed by atoms with van der Waals surface area (Å²) in [6.45, 7) is 4.56. The van der Waals surface area contributed by atoms with Gasteiger partial charge in [-0.25, -0.2) is 0 Å². The maximum Gasteiger partial charge on any atom is 0.248 e. The number of carbonyl (C=O) groups excluding carboxylic acids is 2.